The lowest BCUT2D eigenvalue weighted by Crippen LogP contribution is -2.64. The second-order valence-electron chi connectivity index (χ2n) is 17.6. The first-order valence-electron chi connectivity index (χ1n) is 26.6. The van der Waals surface area contributed by atoms with E-state index in [9.17, 15) is 9.22 Å². The van der Waals surface area contributed by atoms with Crippen molar-refractivity contribution in [2.24, 2.45) is 0 Å². The zero-order valence-electron chi connectivity index (χ0n) is 43.9. The van der Waals surface area contributed by atoms with E-state index < -0.39 is 87.7 Å². The summed E-state index contributed by atoms with van der Waals surface area (Å²) in [7, 11) is 0. The molecule has 0 radical (unpaired) electrons. The second kappa shape index (κ2) is 26.7. The Kier molecular flexibility index (Phi) is 17.0. The number of hydrogen-bond donors (Lipinski definition) is 1. The smallest absolute Gasteiger partial charge is 0.219 e. The lowest BCUT2D eigenvalue weighted by Gasteiger charge is -2.47. The molecule has 1 N–H and O–H groups in total. The van der Waals surface area contributed by atoms with Gasteiger partial charge in [0.2, 0.25) is 5.79 Å². The molecule has 7 aromatic rings. The van der Waals surface area contributed by atoms with Crippen LogP contribution in [0.1, 0.15) is 44.4 Å². The fourth-order valence-electron chi connectivity index (χ4n) is 8.56. The summed E-state index contributed by atoms with van der Waals surface area (Å²) >= 11 is 0. The first-order chi connectivity index (χ1) is 37.2. The molecule has 0 aromatic heterocycles. The van der Waals surface area contributed by atoms with Gasteiger partial charge in [-0.3, -0.25) is 0 Å². The molecule has 11 heteroatoms. The highest BCUT2D eigenvalue weighted by molar-refractivity contribution is 5.19. The van der Waals surface area contributed by atoms with Gasteiger partial charge in [-0.05, 0) is 38.9 Å². The quantitative estimate of drug-likeness (QED) is 0.0560. The zero-order valence-corrected chi connectivity index (χ0v) is 39.9. The maximum absolute atomic E-state index is 13.1. The maximum atomic E-state index is 13.1. The minimum absolute atomic E-state index is 0.0338. The number of rotatable bonds is 26. The van der Waals surface area contributed by atoms with Crippen LogP contribution in [0.2, 0.25) is 0 Å². The van der Waals surface area contributed by atoms with Gasteiger partial charge in [0.15, 0.2) is 6.29 Å². The second-order valence-corrected chi connectivity index (χ2v) is 17.6. The summed E-state index contributed by atoms with van der Waals surface area (Å²) in [6.07, 6.45) is -10.2. The van der Waals surface area contributed by atoms with Gasteiger partial charge in [-0.2, -0.15) is 0 Å². The molecule has 9 rings (SSSR count). The van der Waals surface area contributed by atoms with Gasteiger partial charge in [0.25, 0.3) is 0 Å². The van der Waals surface area contributed by atoms with Gasteiger partial charge >= 0.3 is 0 Å². The van der Waals surface area contributed by atoms with Gasteiger partial charge in [-0.15, -0.1) is 0 Å². The van der Waals surface area contributed by atoms with Crippen LogP contribution in [0.4, 0.5) is 0 Å². The van der Waals surface area contributed by atoms with E-state index in [-0.39, 0.29) is 33.0 Å². The van der Waals surface area contributed by atoms with E-state index in [2.05, 4.69) is 0 Å². The van der Waals surface area contributed by atoms with Crippen LogP contribution in [-0.2, 0) is 93.5 Å². The van der Waals surface area contributed by atoms with Crippen molar-refractivity contribution in [2.45, 2.75) is 101 Å². The molecule has 13 atom stereocenters. The van der Waals surface area contributed by atoms with Crippen LogP contribution in [0, 0.1) is 0 Å². The van der Waals surface area contributed by atoms with Crippen molar-refractivity contribution >= 4 is 0 Å². The molecule has 0 spiro atoms. The van der Waals surface area contributed by atoms with Crippen LogP contribution in [0.5, 0.6) is 0 Å². The molecule has 0 saturated carbocycles. The average molecular weight is 977 g/mol. The fraction of sp³-hybridized carbons (Fsp3) is 0.311. The summed E-state index contributed by atoms with van der Waals surface area (Å²) in [4.78, 5) is 0. The van der Waals surface area contributed by atoms with E-state index in [0.717, 1.165) is 16.7 Å². The molecule has 0 aliphatic carbocycles. The first kappa shape index (κ1) is 45.9. The Labute approximate surface area is 428 Å². The summed E-state index contributed by atoms with van der Waals surface area (Å²) in [5.41, 5.74) is 4.73. The molecule has 72 heavy (non-hydrogen) atoms. The molecule has 6 unspecified atom stereocenters. The van der Waals surface area contributed by atoms with Crippen molar-refractivity contribution in [1.82, 2.24) is 0 Å². The number of ether oxygens (including phenoxy) is 10. The van der Waals surface area contributed by atoms with Gasteiger partial charge in [0, 0.05) is 0 Å². The van der Waals surface area contributed by atoms with E-state index in [1.54, 1.807) is 84.9 Å². The Morgan fingerprint density at radius 1 is 0.389 bits per heavy atom. The van der Waals surface area contributed by atoms with Crippen LogP contribution >= 0.6 is 0 Å². The van der Waals surface area contributed by atoms with Crippen molar-refractivity contribution in [2.75, 3.05) is 19.8 Å². The van der Waals surface area contributed by atoms with Crippen molar-refractivity contribution in [3.63, 3.8) is 0 Å². The molecule has 2 aliphatic rings. The van der Waals surface area contributed by atoms with E-state index in [1.807, 2.05) is 127 Å². The van der Waals surface area contributed by atoms with Crippen molar-refractivity contribution in [1.29, 1.82) is 0 Å². The summed E-state index contributed by atoms with van der Waals surface area (Å²) < 4.78 is 104. The Hall–Kier alpha value is -5.90. The molecule has 0 bridgehead atoms. The zero-order chi connectivity index (χ0) is 52.5. The third-order valence-corrected chi connectivity index (χ3v) is 12.2. The topological polar surface area (TPSA) is 113 Å². The van der Waals surface area contributed by atoms with E-state index >= 15 is 0 Å². The monoisotopic (exact) mass is 976 g/mol. The molecule has 374 valence electrons. The Balaban J connectivity index is 1.13. The fourth-order valence-corrected chi connectivity index (χ4v) is 8.56. The third kappa shape index (κ3) is 14.6. The predicted octanol–water partition coefficient (Wildman–Crippen LogP) is 10.2. The Morgan fingerprint density at radius 3 is 1.26 bits per heavy atom. The Morgan fingerprint density at radius 2 is 0.778 bits per heavy atom. The largest absolute Gasteiger partial charge is 0.374 e. The van der Waals surface area contributed by atoms with Gasteiger partial charge in [-0.1, -0.05) is 212 Å². The number of hydrogen-bond acceptors (Lipinski definition) is 11. The Bertz CT molecular complexity index is 2730. The van der Waals surface area contributed by atoms with Crippen LogP contribution in [0.25, 0.3) is 0 Å². The molecular formula is C61H64O11. The highest BCUT2D eigenvalue weighted by atomic mass is 16.8. The molecule has 0 amide bonds. The third-order valence-electron chi connectivity index (χ3n) is 12.2. The highest BCUT2D eigenvalue weighted by Gasteiger charge is 2.59. The van der Waals surface area contributed by atoms with E-state index in [1.165, 1.54) is 0 Å². The number of benzene rings is 7. The molecule has 2 aliphatic heterocycles. The van der Waals surface area contributed by atoms with Gasteiger partial charge in [-0.25, -0.2) is 0 Å². The van der Waals surface area contributed by atoms with Crippen LogP contribution < -0.4 is 0 Å². The average Bonchev–Trinajstić information content (AvgIpc) is 3.77. The van der Waals surface area contributed by atoms with E-state index in [4.69, 9.17) is 48.7 Å². The molecule has 2 heterocycles. The lowest BCUT2D eigenvalue weighted by atomic mass is 9.97. The summed E-state index contributed by atoms with van der Waals surface area (Å²) in [6, 6.07) is 64.7. The highest BCUT2D eigenvalue weighted by Crippen LogP contribution is 2.40. The standard InChI is InChI=1S/C61H64O11/c62-61(45-65-38-48-26-12-3-13-27-48)59(56(67-40-50-30-16-5-17-31-50)54(72-61)44-64-37-47-24-10-2-11-25-47)71-60-58(69-42-52-34-20-7-21-35-52)57(68-41-51-32-18-6-19-33-51)55(66-39-49-28-14-4-15-29-49)53(70-60)43-63-36-46-22-8-1-9-23-46/h1-35,53-60,62H,36-45H2/t53-,54-,55-,56-,57+,58-,59+,60?,61?/m1/s1/i36D,39D,41D,42D/t36?,39?,41?,42?,53-,54-,55-,56-,57+,58-,59+,60?,61?. The van der Waals surface area contributed by atoms with Crippen molar-refractivity contribution in [3.8, 4) is 0 Å². The van der Waals surface area contributed by atoms with Crippen LogP contribution in [0.15, 0.2) is 212 Å². The first-order valence-corrected chi connectivity index (χ1v) is 24.3. The minimum atomic E-state index is -2.23. The summed E-state index contributed by atoms with van der Waals surface area (Å²) in [5, 5.41) is 13.1. The normalized spacial score (nSPS) is 26.6. The van der Waals surface area contributed by atoms with E-state index in [0.29, 0.717) is 22.3 Å². The van der Waals surface area contributed by atoms with Crippen molar-refractivity contribution in [3.05, 3.63) is 251 Å². The SMILES string of the molecule is [2H]C(OC[C@H]1OC(O[C@H]2[C@H](OCc3ccccc3)[C@@H](COCc3ccccc3)OC2(O)COCc2ccccc2)[C@H](OC([2H])c2ccccc2)[C@@H](OC([2H])c2ccccc2)[C@@H]1OC([2H])c1ccccc1)c1ccccc1. The van der Waals surface area contributed by atoms with Crippen molar-refractivity contribution < 1.29 is 58.0 Å². The molecule has 2 saturated heterocycles. The van der Waals surface area contributed by atoms with Gasteiger partial charge in [0.1, 0.15) is 49.3 Å². The van der Waals surface area contributed by atoms with Gasteiger partial charge in [0.05, 0.1) is 64.8 Å². The summed E-state index contributed by atoms with van der Waals surface area (Å²) in [5.74, 6) is -2.23. The lowest BCUT2D eigenvalue weighted by molar-refractivity contribution is -0.360. The molecule has 7 aromatic carbocycles. The van der Waals surface area contributed by atoms with Crippen LogP contribution in [-0.4, -0.2) is 79.7 Å². The maximum Gasteiger partial charge on any atom is 0.219 e. The minimum Gasteiger partial charge on any atom is -0.374 e. The van der Waals surface area contributed by atoms with Crippen LogP contribution in [0.3, 0.4) is 0 Å². The molecular weight excluding hydrogens is 909 g/mol. The predicted molar refractivity (Wildman–Crippen MR) is 272 cm³/mol. The molecule has 2 fully saturated rings. The molecule has 11 nitrogen and oxygen atoms in total. The van der Waals surface area contributed by atoms with Gasteiger partial charge < -0.3 is 52.5 Å². The number of aliphatic hydroxyl groups is 1. The summed E-state index contributed by atoms with van der Waals surface area (Å²) in [6.45, 7) is -5.50.